The van der Waals surface area contributed by atoms with Crippen molar-refractivity contribution in [3.8, 4) is 0 Å². The first kappa shape index (κ1) is 12.2. The molecule has 0 aliphatic carbocycles. The van der Waals surface area contributed by atoms with Crippen LogP contribution in [0.3, 0.4) is 0 Å². The van der Waals surface area contributed by atoms with E-state index in [1.165, 1.54) is 4.88 Å². The van der Waals surface area contributed by atoms with Gasteiger partial charge in [-0.25, -0.2) is 0 Å². The van der Waals surface area contributed by atoms with Gasteiger partial charge >= 0.3 is 0 Å². The summed E-state index contributed by atoms with van der Waals surface area (Å²) < 4.78 is 0. The van der Waals surface area contributed by atoms with Crippen molar-refractivity contribution in [2.45, 2.75) is 32.2 Å². The monoisotopic (exact) mass is 227 g/mol. The quantitative estimate of drug-likeness (QED) is 0.781. The maximum Gasteiger partial charge on any atom is 0.220 e. The van der Waals surface area contributed by atoms with Crippen LogP contribution in [0.4, 0.5) is 0 Å². The fourth-order valence-corrected chi connectivity index (χ4v) is 2.23. The fourth-order valence-electron chi connectivity index (χ4n) is 1.37. The molecule has 1 rings (SSSR count). The third-order valence-electron chi connectivity index (χ3n) is 2.19. The fraction of sp³-hybridized carbons (Fsp3) is 0.545. The van der Waals surface area contributed by atoms with Crippen LogP contribution in [0.5, 0.6) is 0 Å². The molecule has 1 aromatic rings. The minimum Gasteiger partial charge on any atom is -0.396 e. The summed E-state index contributed by atoms with van der Waals surface area (Å²) >= 11 is 1.66. The number of amides is 1. The van der Waals surface area contributed by atoms with E-state index >= 15 is 0 Å². The van der Waals surface area contributed by atoms with E-state index in [1.807, 2.05) is 17.5 Å². The second-order valence-electron chi connectivity index (χ2n) is 3.37. The molecular weight excluding hydrogens is 210 g/mol. The molecule has 0 spiro atoms. The molecule has 0 aromatic carbocycles. The summed E-state index contributed by atoms with van der Waals surface area (Å²) in [5.41, 5.74) is 0. The second-order valence-corrected chi connectivity index (χ2v) is 4.35. The lowest BCUT2D eigenvalue weighted by Crippen LogP contribution is -2.27. The number of aliphatic hydroxyl groups excluding tert-OH is 1. The smallest absolute Gasteiger partial charge is 0.220 e. The first-order chi connectivity index (χ1) is 7.27. The molecule has 3 nitrogen and oxygen atoms in total. The molecule has 15 heavy (non-hydrogen) atoms. The molecule has 1 heterocycles. The van der Waals surface area contributed by atoms with E-state index in [0.29, 0.717) is 12.8 Å². The topological polar surface area (TPSA) is 49.3 Å². The minimum atomic E-state index is 0.0179. The van der Waals surface area contributed by atoms with Crippen molar-refractivity contribution in [3.05, 3.63) is 22.4 Å². The normalized spacial score (nSPS) is 12.4. The molecule has 0 saturated heterocycles. The summed E-state index contributed by atoms with van der Waals surface area (Å²) in [6.07, 6.45) is 1.83. The summed E-state index contributed by atoms with van der Waals surface area (Å²) in [7, 11) is 0. The molecule has 84 valence electrons. The molecule has 4 heteroatoms. The Morgan fingerprint density at radius 3 is 3.00 bits per heavy atom. The molecule has 0 fully saturated rings. The Kier molecular flexibility index (Phi) is 5.36. The molecule has 0 aliphatic heterocycles. The highest BCUT2D eigenvalue weighted by Crippen LogP contribution is 2.21. The zero-order chi connectivity index (χ0) is 11.1. The first-order valence-corrected chi connectivity index (χ1v) is 6.09. The van der Waals surface area contributed by atoms with Gasteiger partial charge in [0, 0.05) is 17.9 Å². The first-order valence-electron chi connectivity index (χ1n) is 5.21. The van der Waals surface area contributed by atoms with Gasteiger partial charge in [0.05, 0.1) is 6.04 Å². The van der Waals surface area contributed by atoms with Crippen molar-refractivity contribution in [1.82, 2.24) is 5.32 Å². The third-order valence-corrected chi connectivity index (χ3v) is 3.18. The standard InChI is InChI=1S/C11H17NO2S/c1-2-9(10-5-4-8-15-10)12-11(14)6-3-7-13/h4-5,8-9,13H,2-3,6-7H2,1H3,(H,12,14). The van der Waals surface area contributed by atoms with Gasteiger partial charge in [0.1, 0.15) is 0 Å². The molecule has 0 bridgehead atoms. The summed E-state index contributed by atoms with van der Waals surface area (Å²) in [5, 5.41) is 13.6. The summed E-state index contributed by atoms with van der Waals surface area (Å²) in [6.45, 7) is 2.12. The number of thiophene rings is 1. The van der Waals surface area contributed by atoms with Crippen LogP contribution >= 0.6 is 11.3 Å². The van der Waals surface area contributed by atoms with Gasteiger partial charge in [-0.1, -0.05) is 13.0 Å². The lowest BCUT2D eigenvalue weighted by molar-refractivity contribution is -0.122. The third kappa shape index (κ3) is 4.01. The average Bonchev–Trinajstić information content (AvgIpc) is 2.76. The van der Waals surface area contributed by atoms with Crippen LogP contribution in [0.25, 0.3) is 0 Å². The highest BCUT2D eigenvalue weighted by atomic mass is 32.1. The Morgan fingerprint density at radius 1 is 1.67 bits per heavy atom. The van der Waals surface area contributed by atoms with Gasteiger partial charge in [0.2, 0.25) is 5.91 Å². The molecule has 0 aliphatic rings. The van der Waals surface area contributed by atoms with Crippen LogP contribution in [-0.2, 0) is 4.79 Å². The van der Waals surface area contributed by atoms with E-state index in [4.69, 9.17) is 5.11 Å². The number of aliphatic hydroxyl groups is 1. The number of nitrogens with one attached hydrogen (secondary N) is 1. The number of carbonyl (C=O) groups is 1. The predicted octanol–water partition coefficient (Wildman–Crippen LogP) is 2.09. The lowest BCUT2D eigenvalue weighted by atomic mass is 10.2. The lowest BCUT2D eigenvalue weighted by Gasteiger charge is -2.15. The largest absolute Gasteiger partial charge is 0.396 e. The summed E-state index contributed by atoms with van der Waals surface area (Å²) in [6, 6.07) is 4.14. The van der Waals surface area contributed by atoms with Crippen molar-refractivity contribution >= 4 is 17.2 Å². The molecule has 2 N–H and O–H groups in total. The Labute approximate surface area is 94.1 Å². The molecule has 1 atom stereocenters. The molecule has 1 unspecified atom stereocenters. The molecule has 0 radical (unpaired) electrons. The van der Waals surface area contributed by atoms with Crippen molar-refractivity contribution in [1.29, 1.82) is 0 Å². The maximum atomic E-state index is 11.4. The van der Waals surface area contributed by atoms with Crippen LogP contribution in [0.2, 0.25) is 0 Å². The van der Waals surface area contributed by atoms with Crippen molar-refractivity contribution in [3.63, 3.8) is 0 Å². The minimum absolute atomic E-state index is 0.0179. The second kappa shape index (κ2) is 6.58. The van der Waals surface area contributed by atoms with Gasteiger partial charge in [-0.2, -0.15) is 0 Å². The van der Waals surface area contributed by atoms with E-state index in [-0.39, 0.29) is 18.6 Å². The average molecular weight is 227 g/mol. The number of hydrogen-bond donors (Lipinski definition) is 2. The number of carbonyl (C=O) groups excluding carboxylic acids is 1. The highest BCUT2D eigenvalue weighted by molar-refractivity contribution is 7.10. The number of rotatable bonds is 6. The molecular formula is C11H17NO2S. The van der Waals surface area contributed by atoms with E-state index in [2.05, 4.69) is 12.2 Å². The van der Waals surface area contributed by atoms with Crippen molar-refractivity contribution in [2.75, 3.05) is 6.61 Å². The highest BCUT2D eigenvalue weighted by Gasteiger charge is 2.12. The van der Waals surface area contributed by atoms with Crippen molar-refractivity contribution in [2.24, 2.45) is 0 Å². The van der Waals surface area contributed by atoms with E-state index in [9.17, 15) is 4.79 Å². The summed E-state index contributed by atoms with van der Waals surface area (Å²) in [4.78, 5) is 12.6. The van der Waals surface area contributed by atoms with Crippen LogP contribution < -0.4 is 5.32 Å². The van der Waals surface area contributed by atoms with Gasteiger partial charge in [-0.3, -0.25) is 4.79 Å². The van der Waals surface area contributed by atoms with Crippen LogP contribution in [0, 0.1) is 0 Å². The van der Waals surface area contributed by atoms with Crippen molar-refractivity contribution < 1.29 is 9.90 Å². The predicted molar refractivity (Wildman–Crippen MR) is 61.8 cm³/mol. The van der Waals surface area contributed by atoms with Crippen LogP contribution in [-0.4, -0.2) is 17.6 Å². The Bertz CT molecular complexity index is 285. The number of hydrogen-bond acceptors (Lipinski definition) is 3. The Morgan fingerprint density at radius 2 is 2.47 bits per heavy atom. The SMILES string of the molecule is CCC(NC(=O)CCCO)c1cccs1. The van der Waals surface area contributed by atoms with Gasteiger partial charge in [-0.15, -0.1) is 11.3 Å². The Hall–Kier alpha value is -0.870. The van der Waals surface area contributed by atoms with Gasteiger partial charge in [0.15, 0.2) is 0 Å². The maximum absolute atomic E-state index is 11.4. The molecule has 0 saturated carbocycles. The van der Waals surface area contributed by atoms with Gasteiger partial charge in [-0.05, 0) is 24.3 Å². The molecule has 1 aromatic heterocycles. The summed E-state index contributed by atoms with van der Waals surface area (Å²) in [5.74, 6) is 0.0179. The van der Waals surface area contributed by atoms with Crippen LogP contribution in [0.1, 0.15) is 37.1 Å². The zero-order valence-corrected chi connectivity index (χ0v) is 9.72. The van der Waals surface area contributed by atoms with Crippen LogP contribution in [0.15, 0.2) is 17.5 Å². The van der Waals surface area contributed by atoms with E-state index < -0.39 is 0 Å². The van der Waals surface area contributed by atoms with Gasteiger partial charge < -0.3 is 10.4 Å². The zero-order valence-electron chi connectivity index (χ0n) is 8.90. The van der Waals surface area contributed by atoms with E-state index in [0.717, 1.165) is 6.42 Å². The van der Waals surface area contributed by atoms with Gasteiger partial charge in [0.25, 0.3) is 0 Å². The molecule has 1 amide bonds. The van der Waals surface area contributed by atoms with E-state index in [1.54, 1.807) is 11.3 Å². The Balaban J connectivity index is 2.44.